The first kappa shape index (κ1) is 25.0. The molecule has 2 N–H and O–H groups in total. The highest BCUT2D eigenvalue weighted by Crippen LogP contribution is 2.18. The second-order valence-corrected chi connectivity index (χ2v) is 7.52. The molecule has 2 amide bonds. The van der Waals surface area contributed by atoms with E-state index in [1.54, 1.807) is 6.07 Å². The van der Waals surface area contributed by atoms with Crippen molar-refractivity contribution in [2.24, 2.45) is 0 Å². The molecule has 179 valence electrons. The molecule has 1 aromatic heterocycles. The molecule has 2 aromatic carbocycles. The predicted molar refractivity (Wildman–Crippen MR) is 121 cm³/mol. The highest BCUT2D eigenvalue weighted by molar-refractivity contribution is 5.89. The average Bonchev–Trinajstić information content (AvgIpc) is 2.79. The van der Waals surface area contributed by atoms with Gasteiger partial charge in [0.1, 0.15) is 18.2 Å². The number of nitrogens with zero attached hydrogens (tertiary/aromatic N) is 2. The van der Waals surface area contributed by atoms with Crippen LogP contribution in [0, 0.1) is 24.4 Å². The van der Waals surface area contributed by atoms with Crippen molar-refractivity contribution in [1.82, 2.24) is 15.4 Å². The predicted octanol–water partition coefficient (Wildman–Crippen LogP) is 4.74. The molecule has 1 radical (unpaired) electrons. The number of halogens is 3. The molecule has 10 heteroatoms. The summed E-state index contributed by atoms with van der Waals surface area (Å²) < 4.78 is 46.1. The Balaban J connectivity index is 1.63. The first-order chi connectivity index (χ1) is 16.3. The number of carbonyl (C=O) groups excluding carboxylic acids is 2. The van der Waals surface area contributed by atoms with Gasteiger partial charge in [-0.2, -0.15) is 0 Å². The van der Waals surface area contributed by atoms with Gasteiger partial charge in [0.15, 0.2) is 11.6 Å². The summed E-state index contributed by atoms with van der Waals surface area (Å²) in [7, 11) is 0. The van der Waals surface area contributed by atoms with E-state index in [1.165, 1.54) is 48.5 Å². The van der Waals surface area contributed by atoms with Gasteiger partial charge < -0.3 is 4.74 Å². The molecule has 0 saturated carbocycles. The van der Waals surface area contributed by atoms with Crippen LogP contribution in [0.1, 0.15) is 25.3 Å². The molecule has 0 fully saturated rings. The van der Waals surface area contributed by atoms with Crippen LogP contribution in [-0.2, 0) is 16.1 Å². The number of rotatable bonds is 9. The van der Waals surface area contributed by atoms with E-state index in [4.69, 9.17) is 4.74 Å². The minimum Gasteiger partial charge on any atom is -0.447 e. The molecule has 34 heavy (non-hydrogen) atoms. The third kappa shape index (κ3) is 6.44. The van der Waals surface area contributed by atoms with Crippen LogP contribution in [0.5, 0.6) is 0 Å². The second-order valence-electron chi connectivity index (χ2n) is 7.52. The third-order valence-electron chi connectivity index (χ3n) is 5.03. The van der Waals surface area contributed by atoms with E-state index in [-0.39, 0.29) is 24.5 Å². The quantitative estimate of drug-likeness (QED) is 0.439. The molecule has 0 aliphatic heterocycles. The lowest BCUT2D eigenvalue weighted by Crippen LogP contribution is -2.50. The molecule has 3 aromatic rings. The molecule has 7 nitrogen and oxygen atoms in total. The Hall–Kier alpha value is -3.66. The highest BCUT2D eigenvalue weighted by atomic mass is 19.2. The highest BCUT2D eigenvalue weighted by Gasteiger charge is 2.23. The molecular weight excluding hydrogens is 449 g/mol. The van der Waals surface area contributed by atoms with Crippen molar-refractivity contribution in [3.8, 4) is 0 Å². The van der Waals surface area contributed by atoms with E-state index in [9.17, 15) is 22.8 Å². The molecule has 0 bridgehead atoms. The molecular formula is C24H24F3N4O3. The van der Waals surface area contributed by atoms with E-state index in [0.29, 0.717) is 23.6 Å². The molecule has 0 saturated heterocycles. The van der Waals surface area contributed by atoms with Crippen molar-refractivity contribution in [2.75, 3.05) is 11.9 Å². The number of pyridine rings is 1. The Bertz CT molecular complexity index is 1180. The lowest BCUT2D eigenvalue weighted by molar-refractivity contribution is -0.136. The Kier molecular flexibility index (Phi) is 8.42. The van der Waals surface area contributed by atoms with Gasteiger partial charge in [-0.15, -0.1) is 0 Å². The summed E-state index contributed by atoms with van der Waals surface area (Å²) in [5, 5.41) is 4.93. The maximum absolute atomic E-state index is 14.0. The van der Waals surface area contributed by atoms with Gasteiger partial charge in [-0.3, -0.25) is 15.1 Å². The van der Waals surface area contributed by atoms with E-state index in [1.807, 2.05) is 0 Å². The average molecular weight is 473 g/mol. The van der Waals surface area contributed by atoms with Crippen LogP contribution in [0.25, 0.3) is 10.8 Å². The SMILES string of the molecule is [CH2]CC[C@@H](COC(=O)Nc1cc2cc(F)ccc2cn1)N(NCc1cccc(F)c1F)C(C)=O. The maximum atomic E-state index is 14.0. The van der Waals surface area contributed by atoms with E-state index < -0.39 is 35.5 Å². The summed E-state index contributed by atoms with van der Waals surface area (Å²) >= 11 is 0. The van der Waals surface area contributed by atoms with Crippen LogP contribution in [-0.4, -0.2) is 34.6 Å². The number of fused-ring (bicyclic) bond motifs is 1. The van der Waals surface area contributed by atoms with E-state index >= 15 is 0 Å². The molecule has 0 spiro atoms. The number of aromatic nitrogens is 1. The molecule has 3 rings (SSSR count). The van der Waals surface area contributed by atoms with Gasteiger partial charge in [-0.1, -0.05) is 25.5 Å². The molecule has 0 unspecified atom stereocenters. The van der Waals surface area contributed by atoms with Crippen molar-refractivity contribution < 1.29 is 27.5 Å². The zero-order valence-corrected chi connectivity index (χ0v) is 18.5. The number of hydrazine groups is 1. The number of benzene rings is 2. The van der Waals surface area contributed by atoms with E-state index in [2.05, 4.69) is 22.7 Å². The van der Waals surface area contributed by atoms with Crippen molar-refractivity contribution in [1.29, 1.82) is 0 Å². The fourth-order valence-electron chi connectivity index (χ4n) is 3.37. The van der Waals surface area contributed by atoms with Crippen molar-refractivity contribution in [3.05, 3.63) is 78.6 Å². The summed E-state index contributed by atoms with van der Waals surface area (Å²) in [6, 6.07) is 8.85. The topological polar surface area (TPSA) is 83.6 Å². The van der Waals surface area contributed by atoms with Gasteiger partial charge in [0.2, 0.25) is 5.91 Å². The summed E-state index contributed by atoms with van der Waals surface area (Å²) in [6.45, 7) is 4.72. The lowest BCUT2D eigenvalue weighted by Gasteiger charge is -2.31. The van der Waals surface area contributed by atoms with Gasteiger partial charge in [0.25, 0.3) is 0 Å². The number of amides is 2. The number of anilines is 1. The van der Waals surface area contributed by atoms with Crippen LogP contribution in [0.2, 0.25) is 0 Å². The van der Waals surface area contributed by atoms with Gasteiger partial charge in [-0.25, -0.2) is 28.4 Å². The Morgan fingerprint density at radius 1 is 1.15 bits per heavy atom. The third-order valence-corrected chi connectivity index (χ3v) is 5.03. The molecule has 1 heterocycles. The second kappa shape index (κ2) is 11.5. The smallest absolute Gasteiger partial charge is 0.412 e. The summed E-state index contributed by atoms with van der Waals surface area (Å²) in [5.74, 6) is -2.66. The number of hydrogen-bond acceptors (Lipinski definition) is 5. The summed E-state index contributed by atoms with van der Waals surface area (Å²) in [6.07, 6.45) is 1.46. The number of hydrogen-bond donors (Lipinski definition) is 2. The first-order valence-electron chi connectivity index (χ1n) is 10.5. The zero-order chi connectivity index (χ0) is 24.7. The van der Waals surface area contributed by atoms with Gasteiger partial charge >= 0.3 is 6.09 Å². The molecule has 1 atom stereocenters. The van der Waals surface area contributed by atoms with Crippen LogP contribution >= 0.6 is 0 Å². The maximum Gasteiger partial charge on any atom is 0.412 e. The lowest BCUT2D eigenvalue weighted by atomic mass is 10.1. The fourth-order valence-corrected chi connectivity index (χ4v) is 3.37. The van der Waals surface area contributed by atoms with Crippen LogP contribution in [0.4, 0.5) is 23.8 Å². The minimum atomic E-state index is -1.01. The monoisotopic (exact) mass is 473 g/mol. The first-order valence-corrected chi connectivity index (χ1v) is 10.5. The summed E-state index contributed by atoms with van der Waals surface area (Å²) in [4.78, 5) is 28.6. The Morgan fingerprint density at radius 3 is 2.68 bits per heavy atom. The summed E-state index contributed by atoms with van der Waals surface area (Å²) in [5.41, 5.74) is 2.82. The number of ether oxygens (including phenoxy) is 1. The number of nitrogens with one attached hydrogen (secondary N) is 2. The van der Waals surface area contributed by atoms with E-state index in [0.717, 1.165) is 6.07 Å². The molecule has 0 aliphatic rings. The minimum absolute atomic E-state index is 0.0390. The fraction of sp³-hybridized carbons (Fsp3) is 0.250. The van der Waals surface area contributed by atoms with Crippen LogP contribution < -0.4 is 10.7 Å². The van der Waals surface area contributed by atoms with Gasteiger partial charge in [-0.05, 0) is 42.1 Å². The van der Waals surface area contributed by atoms with Crippen molar-refractivity contribution in [2.45, 2.75) is 32.4 Å². The van der Waals surface area contributed by atoms with Gasteiger partial charge in [0.05, 0.1) is 6.04 Å². The zero-order valence-electron chi connectivity index (χ0n) is 18.5. The van der Waals surface area contributed by atoms with Crippen molar-refractivity contribution in [3.63, 3.8) is 0 Å². The standard InChI is InChI=1S/C24H24F3N4O3/c1-3-5-20(31(15(2)32)29-13-17-6-4-7-21(26)23(17)27)14-34-24(33)30-22-11-18-10-19(25)9-8-16(18)12-28-22/h4,6-12,20,29H,1,3,5,13-14H2,2H3,(H,28,30,33)/t20-/m0/s1. The largest absolute Gasteiger partial charge is 0.447 e. The Morgan fingerprint density at radius 2 is 1.94 bits per heavy atom. The van der Waals surface area contributed by atoms with Crippen LogP contribution in [0.15, 0.2) is 48.7 Å². The molecule has 0 aliphatic carbocycles. The Labute approximate surface area is 194 Å². The van der Waals surface area contributed by atoms with Crippen LogP contribution in [0.3, 0.4) is 0 Å². The number of carbonyl (C=O) groups is 2. The van der Waals surface area contributed by atoms with Crippen molar-refractivity contribution >= 4 is 28.6 Å². The normalized spacial score (nSPS) is 11.8. The van der Waals surface area contributed by atoms with Gasteiger partial charge in [0, 0.05) is 30.6 Å².